The van der Waals surface area contributed by atoms with Crippen LogP contribution in [0.3, 0.4) is 0 Å². The highest BCUT2D eigenvalue weighted by Gasteiger charge is 2.30. The van der Waals surface area contributed by atoms with Crippen molar-refractivity contribution in [1.82, 2.24) is 4.90 Å². The van der Waals surface area contributed by atoms with E-state index in [9.17, 15) is 0 Å². The van der Waals surface area contributed by atoms with Crippen LogP contribution in [0, 0.1) is 11.8 Å². The lowest BCUT2D eigenvalue weighted by Crippen LogP contribution is -2.31. The zero-order valence-electron chi connectivity index (χ0n) is 8.06. The fourth-order valence-electron chi connectivity index (χ4n) is 1.80. The number of alkyl halides is 3. The van der Waals surface area contributed by atoms with Crippen molar-refractivity contribution in [2.24, 2.45) is 11.8 Å². The zero-order chi connectivity index (χ0) is 10.1. The summed E-state index contributed by atoms with van der Waals surface area (Å²) in [7, 11) is 0. The van der Waals surface area contributed by atoms with E-state index >= 15 is 0 Å². The Hall–Kier alpha value is 0.830. The molecule has 1 aliphatic rings. The minimum atomic E-state index is -1.12. The van der Waals surface area contributed by atoms with E-state index in [4.69, 9.17) is 34.8 Å². The van der Waals surface area contributed by atoms with Gasteiger partial charge in [0.2, 0.25) is 3.79 Å². The third kappa shape index (κ3) is 4.24. The number of halogens is 3. The largest absolute Gasteiger partial charge is 0.299 e. The normalized spacial score (nSPS) is 25.8. The maximum Gasteiger partial charge on any atom is 0.203 e. The van der Waals surface area contributed by atoms with Crippen LogP contribution in [0.4, 0.5) is 0 Å². The first-order valence-corrected chi connectivity index (χ1v) is 5.81. The monoisotopic (exact) mass is 243 g/mol. The smallest absolute Gasteiger partial charge is 0.203 e. The van der Waals surface area contributed by atoms with Crippen molar-refractivity contribution in [3.63, 3.8) is 0 Å². The van der Waals surface area contributed by atoms with Gasteiger partial charge in [0.1, 0.15) is 0 Å². The molecule has 13 heavy (non-hydrogen) atoms. The van der Waals surface area contributed by atoms with Crippen molar-refractivity contribution in [1.29, 1.82) is 0 Å². The van der Waals surface area contributed by atoms with Gasteiger partial charge in [0.25, 0.3) is 0 Å². The van der Waals surface area contributed by atoms with E-state index in [1.165, 1.54) is 6.42 Å². The minimum absolute atomic E-state index is 0.556. The fraction of sp³-hybridized carbons (Fsp3) is 1.00. The van der Waals surface area contributed by atoms with Gasteiger partial charge in [0, 0.05) is 13.1 Å². The van der Waals surface area contributed by atoms with Crippen LogP contribution >= 0.6 is 34.8 Å². The van der Waals surface area contributed by atoms with Gasteiger partial charge in [-0.2, -0.15) is 0 Å². The highest BCUT2D eigenvalue weighted by molar-refractivity contribution is 6.67. The first kappa shape index (κ1) is 11.9. The van der Waals surface area contributed by atoms with Gasteiger partial charge < -0.3 is 0 Å². The lowest BCUT2D eigenvalue weighted by Gasteiger charge is -2.21. The van der Waals surface area contributed by atoms with Crippen molar-refractivity contribution in [3.05, 3.63) is 0 Å². The lowest BCUT2D eigenvalue weighted by molar-refractivity contribution is 0.309. The molecule has 0 saturated carbocycles. The summed E-state index contributed by atoms with van der Waals surface area (Å²) in [6.45, 7) is 7.20. The van der Waals surface area contributed by atoms with Crippen molar-refractivity contribution in [2.45, 2.75) is 24.1 Å². The van der Waals surface area contributed by atoms with Crippen LogP contribution in [0.2, 0.25) is 0 Å². The van der Waals surface area contributed by atoms with Crippen molar-refractivity contribution < 1.29 is 0 Å². The second kappa shape index (κ2) is 4.57. The molecule has 0 aromatic rings. The van der Waals surface area contributed by atoms with E-state index < -0.39 is 3.79 Å². The van der Waals surface area contributed by atoms with Crippen molar-refractivity contribution >= 4 is 34.8 Å². The third-order valence-electron chi connectivity index (χ3n) is 2.65. The highest BCUT2D eigenvalue weighted by atomic mass is 35.6. The maximum absolute atomic E-state index is 5.73. The van der Waals surface area contributed by atoms with Gasteiger partial charge in [-0.3, -0.25) is 4.90 Å². The number of rotatable bonds is 2. The van der Waals surface area contributed by atoms with Gasteiger partial charge in [-0.15, -0.1) is 0 Å². The molecule has 0 aromatic carbocycles. The molecule has 1 aliphatic heterocycles. The summed E-state index contributed by atoms with van der Waals surface area (Å²) in [5.41, 5.74) is 0. The van der Waals surface area contributed by atoms with Gasteiger partial charge in [0.15, 0.2) is 0 Å². The van der Waals surface area contributed by atoms with E-state index in [-0.39, 0.29) is 0 Å². The van der Waals surface area contributed by atoms with Gasteiger partial charge in [-0.05, 0) is 24.8 Å². The summed E-state index contributed by atoms with van der Waals surface area (Å²) in [6.07, 6.45) is 1.23. The topological polar surface area (TPSA) is 3.24 Å². The van der Waals surface area contributed by atoms with Crippen LogP contribution in [-0.4, -0.2) is 28.3 Å². The van der Waals surface area contributed by atoms with E-state index in [0.717, 1.165) is 24.9 Å². The summed E-state index contributed by atoms with van der Waals surface area (Å²) in [4.78, 5) is 2.23. The standard InChI is InChI=1S/C9H16Cl3N/c1-7(2)8-3-4-13(5-8)6-9(10,11)12/h7-8H,3-6H2,1-2H3. The Kier molecular flexibility index (Phi) is 4.18. The Bertz CT molecular complexity index is 165. The second-order valence-electron chi connectivity index (χ2n) is 4.14. The average Bonchev–Trinajstić information content (AvgIpc) is 2.31. The Balaban J connectivity index is 2.33. The molecule has 1 saturated heterocycles. The number of hydrogen-bond acceptors (Lipinski definition) is 1. The van der Waals surface area contributed by atoms with Crippen LogP contribution in [0.5, 0.6) is 0 Å². The first-order chi connectivity index (χ1) is 5.88. The summed E-state index contributed by atoms with van der Waals surface area (Å²) >= 11 is 17.2. The Morgan fingerprint density at radius 2 is 2.00 bits per heavy atom. The molecule has 0 N–H and O–H groups in total. The van der Waals surface area contributed by atoms with Crippen LogP contribution in [0.1, 0.15) is 20.3 Å². The van der Waals surface area contributed by atoms with Gasteiger partial charge >= 0.3 is 0 Å². The number of likely N-dealkylation sites (tertiary alicyclic amines) is 1. The molecule has 0 bridgehead atoms. The molecule has 1 nitrogen and oxygen atoms in total. The van der Waals surface area contributed by atoms with Gasteiger partial charge in [0.05, 0.1) is 0 Å². The van der Waals surface area contributed by atoms with Crippen LogP contribution in [0.25, 0.3) is 0 Å². The third-order valence-corrected chi connectivity index (χ3v) is 3.01. The number of hydrogen-bond donors (Lipinski definition) is 0. The maximum atomic E-state index is 5.73. The summed E-state index contributed by atoms with van der Waals surface area (Å²) in [5.74, 6) is 1.51. The van der Waals surface area contributed by atoms with Gasteiger partial charge in [-0.25, -0.2) is 0 Å². The molecular weight excluding hydrogens is 228 g/mol. The molecule has 0 spiro atoms. The second-order valence-corrected chi connectivity index (χ2v) is 6.66. The fourth-order valence-corrected chi connectivity index (χ4v) is 2.31. The minimum Gasteiger partial charge on any atom is -0.299 e. The quantitative estimate of drug-likeness (QED) is 0.674. The van der Waals surface area contributed by atoms with Crippen molar-refractivity contribution in [3.8, 4) is 0 Å². The highest BCUT2D eigenvalue weighted by Crippen LogP contribution is 2.31. The molecule has 0 amide bonds. The molecule has 78 valence electrons. The molecule has 0 aromatic heterocycles. The van der Waals surface area contributed by atoms with E-state index in [1.54, 1.807) is 0 Å². The SMILES string of the molecule is CC(C)C1CCN(CC(Cl)(Cl)Cl)C1. The predicted molar refractivity (Wildman–Crippen MR) is 59.7 cm³/mol. The Morgan fingerprint density at radius 1 is 1.38 bits per heavy atom. The van der Waals surface area contributed by atoms with Gasteiger partial charge in [-0.1, -0.05) is 48.7 Å². The summed E-state index contributed by atoms with van der Waals surface area (Å²) < 4.78 is -1.12. The molecule has 1 rings (SSSR count). The van der Waals surface area contributed by atoms with Crippen LogP contribution in [-0.2, 0) is 0 Å². The first-order valence-electron chi connectivity index (χ1n) is 4.67. The predicted octanol–water partition coefficient (Wildman–Crippen LogP) is 3.33. The lowest BCUT2D eigenvalue weighted by atomic mass is 9.95. The molecule has 0 aliphatic carbocycles. The Morgan fingerprint density at radius 3 is 2.38 bits per heavy atom. The van der Waals surface area contributed by atoms with E-state index in [0.29, 0.717) is 6.54 Å². The molecule has 1 heterocycles. The van der Waals surface area contributed by atoms with E-state index in [2.05, 4.69) is 18.7 Å². The van der Waals surface area contributed by atoms with E-state index in [1.807, 2.05) is 0 Å². The molecule has 1 unspecified atom stereocenters. The van der Waals surface area contributed by atoms with Crippen LogP contribution in [0.15, 0.2) is 0 Å². The average molecular weight is 245 g/mol. The molecular formula is C9H16Cl3N. The Labute approximate surface area is 95.3 Å². The molecule has 0 radical (unpaired) electrons. The zero-order valence-corrected chi connectivity index (χ0v) is 10.3. The van der Waals surface area contributed by atoms with Crippen molar-refractivity contribution in [2.75, 3.05) is 19.6 Å². The molecule has 1 atom stereocenters. The molecule has 4 heteroatoms. The molecule has 1 fully saturated rings. The summed E-state index contributed by atoms with van der Waals surface area (Å²) in [5, 5.41) is 0. The number of nitrogens with zero attached hydrogens (tertiary/aromatic N) is 1. The summed E-state index contributed by atoms with van der Waals surface area (Å²) in [6, 6.07) is 0. The van der Waals surface area contributed by atoms with Crippen LogP contribution < -0.4 is 0 Å².